The highest BCUT2D eigenvalue weighted by molar-refractivity contribution is 5.77. The van der Waals surface area contributed by atoms with E-state index in [1.807, 2.05) is 13.8 Å². The Balaban J connectivity index is 1.80. The molecule has 1 aromatic heterocycles. The summed E-state index contributed by atoms with van der Waals surface area (Å²) < 4.78 is 10.7. The number of hydrogen-bond acceptors (Lipinski definition) is 5. The maximum absolute atomic E-state index is 11.2. The molecule has 1 N–H and O–H groups in total. The third-order valence-electron chi connectivity index (χ3n) is 4.38. The monoisotopic (exact) mass is 266 g/mol. The van der Waals surface area contributed by atoms with E-state index in [4.69, 9.17) is 14.4 Å². The van der Waals surface area contributed by atoms with Crippen molar-refractivity contribution in [1.29, 1.82) is 0 Å². The zero-order valence-electron chi connectivity index (χ0n) is 11.3. The maximum atomic E-state index is 11.2. The van der Waals surface area contributed by atoms with Gasteiger partial charge in [-0.15, -0.1) is 0 Å². The van der Waals surface area contributed by atoms with Crippen LogP contribution >= 0.6 is 0 Å². The first-order valence-electron chi connectivity index (χ1n) is 6.56. The van der Waals surface area contributed by atoms with Crippen LogP contribution in [0.5, 0.6) is 0 Å². The zero-order valence-corrected chi connectivity index (χ0v) is 11.3. The summed E-state index contributed by atoms with van der Waals surface area (Å²) in [7, 11) is 1.64. The Morgan fingerprint density at radius 2 is 2.21 bits per heavy atom. The van der Waals surface area contributed by atoms with E-state index in [1.165, 1.54) is 0 Å². The summed E-state index contributed by atoms with van der Waals surface area (Å²) in [5.74, 6) is 0.00536. The lowest BCUT2D eigenvalue weighted by atomic mass is 10.1. The molecule has 2 saturated carbocycles. The Kier molecular flexibility index (Phi) is 2.67. The van der Waals surface area contributed by atoms with E-state index in [0.29, 0.717) is 17.6 Å². The van der Waals surface area contributed by atoms with Gasteiger partial charge in [-0.2, -0.15) is 4.98 Å². The molecule has 0 aromatic carbocycles. The molecule has 2 fully saturated rings. The molecule has 1 heterocycles. The molecule has 0 radical (unpaired) electrons. The standard InChI is InChI=1S/C13H18N2O4/c1-13(2)7(8(13)12(16)17)11-14-10(15-19-11)9(18-3)6-4-5-6/h6-9H,4-5H2,1-3H3,(H,16,17). The minimum atomic E-state index is -0.805. The molecule has 0 bridgehead atoms. The molecule has 2 aliphatic carbocycles. The summed E-state index contributed by atoms with van der Waals surface area (Å²) in [6, 6.07) is 0. The van der Waals surface area contributed by atoms with Gasteiger partial charge >= 0.3 is 5.97 Å². The predicted octanol–water partition coefficient (Wildman–Crippen LogP) is 1.99. The van der Waals surface area contributed by atoms with Gasteiger partial charge in [-0.25, -0.2) is 0 Å². The predicted molar refractivity (Wildman–Crippen MR) is 64.4 cm³/mol. The van der Waals surface area contributed by atoms with Crippen molar-refractivity contribution in [2.75, 3.05) is 7.11 Å². The third-order valence-corrected chi connectivity index (χ3v) is 4.38. The molecule has 0 spiro atoms. The molecule has 6 heteroatoms. The van der Waals surface area contributed by atoms with Gasteiger partial charge in [0.05, 0.1) is 11.8 Å². The normalized spacial score (nSPS) is 30.1. The number of rotatable bonds is 5. The van der Waals surface area contributed by atoms with Crippen LogP contribution in [-0.4, -0.2) is 28.3 Å². The molecule has 19 heavy (non-hydrogen) atoms. The van der Waals surface area contributed by atoms with E-state index < -0.39 is 11.9 Å². The third kappa shape index (κ3) is 1.94. The van der Waals surface area contributed by atoms with Crippen LogP contribution in [0.1, 0.15) is 50.4 Å². The largest absolute Gasteiger partial charge is 0.481 e. The highest BCUT2D eigenvalue weighted by Crippen LogP contribution is 2.64. The van der Waals surface area contributed by atoms with E-state index in [0.717, 1.165) is 12.8 Å². The summed E-state index contributed by atoms with van der Waals surface area (Å²) in [6.07, 6.45) is 2.12. The molecule has 2 aliphatic rings. The quantitative estimate of drug-likeness (QED) is 0.877. The van der Waals surface area contributed by atoms with Gasteiger partial charge in [0.2, 0.25) is 11.7 Å². The summed E-state index contributed by atoms with van der Waals surface area (Å²) >= 11 is 0. The number of carboxylic acids is 1. The maximum Gasteiger partial charge on any atom is 0.307 e. The number of carbonyl (C=O) groups is 1. The van der Waals surface area contributed by atoms with Gasteiger partial charge in [0.1, 0.15) is 6.10 Å². The Morgan fingerprint density at radius 1 is 1.53 bits per heavy atom. The van der Waals surface area contributed by atoms with Crippen molar-refractivity contribution in [2.24, 2.45) is 17.3 Å². The van der Waals surface area contributed by atoms with Gasteiger partial charge in [0, 0.05) is 7.11 Å². The average Bonchev–Trinajstić information content (AvgIpc) is 3.18. The number of hydrogen-bond donors (Lipinski definition) is 1. The first-order valence-corrected chi connectivity index (χ1v) is 6.56. The summed E-state index contributed by atoms with van der Waals surface area (Å²) in [5, 5.41) is 13.1. The van der Waals surface area contributed by atoms with Gasteiger partial charge in [-0.05, 0) is 24.2 Å². The number of carboxylic acid groups (broad SMARTS) is 1. The Morgan fingerprint density at radius 3 is 2.68 bits per heavy atom. The van der Waals surface area contributed by atoms with Gasteiger partial charge in [-0.1, -0.05) is 19.0 Å². The van der Waals surface area contributed by atoms with Crippen molar-refractivity contribution < 1.29 is 19.2 Å². The number of methoxy groups -OCH3 is 1. The van der Waals surface area contributed by atoms with Gasteiger partial charge in [0.25, 0.3) is 0 Å². The molecule has 104 valence electrons. The van der Waals surface area contributed by atoms with Crippen LogP contribution in [0, 0.1) is 17.3 Å². The second-order valence-corrected chi connectivity index (χ2v) is 6.10. The smallest absolute Gasteiger partial charge is 0.307 e. The molecular weight excluding hydrogens is 248 g/mol. The van der Waals surface area contributed by atoms with Crippen molar-refractivity contribution in [2.45, 2.75) is 38.7 Å². The second kappa shape index (κ2) is 4.03. The lowest BCUT2D eigenvalue weighted by Crippen LogP contribution is -2.06. The first kappa shape index (κ1) is 12.6. The summed E-state index contributed by atoms with van der Waals surface area (Å²) in [4.78, 5) is 15.5. The molecular formula is C13H18N2O4. The Labute approximate surface area is 111 Å². The van der Waals surface area contributed by atoms with Crippen molar-refractivity contribution >= 4 is 5.97 Å². The first-order chi connectivity index (χ1) is 8.96. The highest BCUT2D eigenvalue weighted by atomic mass is 16.5. The molecule has 0 saturated heterocycles. The van der Waals surface area contributed by atoms with Crippen LogP contribution in [0.2, 0.25) is 0 Å². The van der Waals surface area contributed by atoms with Gasteiger partial charge in [0.15, 0.2) is 0 Å². The zero-order chi connectivity index (χ0) is 13.8. The van der Waals surface area contributed by atoms with Crippen molar-refractivity contribution in [3.63, 3.8) is 0 Å². The fourth-order valence-electron chi connectivity index (χ4n) is 2.96. The van der Waals surface area contributed by atoms with E-state index in [1.54, 1.807) is 7.11 Å². The minimum absolute atomic E-state index is 0.123. The number of ether oxygens (including phenoxy) is 1. The molecule has 1 aromatic rings. The minimum Gasteiger partial charge on any atom is -0.481 e. The molecule has 0 aliphatic heterocycles. The van der Waals surface area contributed by atoms with Crippen molar-refractivity contribution in [3.05, 3.63) is 11.7 Å². The molecule has 6 nitrogen and oxygen atoms in total. The summed E-state index contributed by atoms with van der Waals surface area (Å²) in [6.45, 7) is 3.82. The SMILES string of the molecule is COC(c1noc(C2C(C(=O)O)C2(C)C)n1)C1CC1. The van der Waals surface area contributed by atoms with Crippen LogP contribution in [0.15, 0.2) is 4.52 Å². The van der Waals surface area contributed by atoms with Crippen molar-refractivity contribution in [3.8, 4) is 0 Å². The van der Waals surface area contributed by atoms with E-state index >= 15 is 0 Å². The number of aromatic nitrogens is 2. The highest BCUT2D eigenvalue weighted by Gasteiger charge is 2.65. The van der Waals surface area contributed by atoms with Crippen LogP contribution in [0.3, 0.4) is 0 Å². The average molecular weight is 266 g/mol. The lowest BCUT2D eigenvalue weighted by Gasteiger charge is -2.08. The number of aliphatic carboxylic acids is 1. The summed E-state index contributed by atoms with van der Waals surface area (Å²) in [5.41, 5.74) is -0.322. The van der Waals surface area contributed by atoms with Crippen molar-refractivity contribution in [1.82, 2.24) is 10.1 Å². The molecule has 3 rings (SSSR count). The van der Waals surface area contributed by atoms with Crippen LogP contribution in [-0.2, 0) is 9.53 Å². The fourth-order valence-corrected chi connectivity index (χ4v) is 2.96. The molecule has 3 atom stereocenters. The van der Waals surface area contributed by atoms with Gasteiger partial charge < -0.3 is 14.4 Å². The fraction of sp³-hybridized carbons (Fsp3) is 0.769. The van der Waals surface area contributed by atoms with E-state index in [2.05, 4.69) is 10.1 Å². The Hall–Kier alpha value is -1.43. The van der Waals surface area contributed by atoms with E-state index in [9.17, 15) is 4.79 Å². The van der Waals surface area contributed by atoms with Gasteiger partial charge in [-0.3, -0.25) is 4.79 Å². The van der Waals surface area contributed by atoms with Crippen LogP contribution in [0.4, 0.5) is 0 Å². The molecule has 3 unspecified atom stereocenters. The van der Waals surface area contributed by atoms with Crippen LogP contribution < -0.4 is 0 Å². The topological polar surface area (TPSA) is 85.5 Å². The second-order valence-electron chi connectivity index (χ2n) is 6.10. The van der Waals surface area contributed by atoms with Crippen LogP contribution in [0.25, 0.3) is 0 Å². The Bertz CT molecular complexity index is 506. The van der Waals surface area contributed by atoms with E-state index in [-0.39, 0.29) is 17.4 Å². The molecule has 0 amide bonds. The lowest BCUT2D eigenvalue weighted by molar-refractivity contribution is -0.139. The number of nitrogens with zero attached hydrogens (tertiary/aromatic N) is 2.